The molecule has 2 fully saturated rings. The van der Waals surface area contributed by atoms with Gasteiger partial charge < -0.3 is 18.9 Å². The first kappa shape index (κ1) is 26.3. The number of thiazole rings is 1. The molecule has 5 rings (SSSR count). The third kappa shape index (κ3) is 6.04. The van der Waals surface area contributed by atoms with Crippen LogP contribution >= 0.6 is 11.3 Å². The first-order valence-corrected chi connectivity index (χ1v) is 14.4. The number of carbonyl (C=O) groups is 2. The number of methoxy groups -OCH3 is 1. The molecule has 2 aliphatic rings. The first-order valence-electron chi connectivity index (χ1n) is 12.0. The molecule has 0 bridgehead atoms. The summed E-state index contributed by atoms with van der Waals surface area (Å²) in [6.45, 7) is 0.924. The lowest BCUT2D eigenvalue weighted by molar-refractivity contribution is -0.131. The van der Waals surface area contributed by atoms with Crippen LogP contribution in [-0.2, 0) is 28.8 Å². The number of aromatic nitrogens is 1. The van der Waals surface area contributed by atoms with Gasteiger partial charge in [0.25, 0.3) is 5.91 Å². The summed E-state index contributed by atoms with van der Waals surface area (Å²) in [5.74, 6) is -0.402. The van der Waals surface area contributed by atoms with Crippen LogP contribution in [0.5, 0.6) is 10.8 Å². The maximum absolute atomic E-state index is 13.3. The van der Waals surface area contributed by atoms with Crippen molar-refractivity contribution in [2.24, 2.45) is 0 Å². The zero-order valence-corrected chi connectivity index (χ0v) is 22.1. The number of hydrogen-bond donors (Lipinski definition) is 1. The van der Waals surface area contributed by atoms with Gasteiger partial charge in [0.15, 0.2) is 21.1 Å². The average molecular weight is 559 g/mol. The van der Waals surface area contributed by atoms with Gasteiger partial charge in [0.05, 0.1) is 41.7 Å². The summed E-state index contributed by atoms with van der Waals surface area (Å²) in [7, 11) is -2.03. The van der Waals surface area contributed by atoms with Gasteiger partial charge in [-0.15, -0.1) is 0 Å². The third-order valence-corrected chi connectivity index (χ3v) is 9.21. The van der Waals surface area contributed by atoms with Crippen LogP contribution in [0.15, 0.2) is 59.6 Å². The molecule has 2 aromatic carbocycles. The highest BCUT2D eigenvalue weighted by atomic mass is 32.2. The number of esters is 1. The van der Waals surface area contributed by atoms with Gasteiger partial charge in [0, 0.05) is 6.61 Å². The predicted octanol–water partition coefficient (Wildman–Crippen LogP) is 4.14. The fourth-order valence-electron chi connectivity index (χ4n) is 3.94. The fourth-order valence-corrected chi connectivity index (χ4v) is 6.28. The standard InChI is InChI=1S/C26H26N2O8S2/c1-33-25(30)17-2-6-18(7-3-17)35-22-14-27-26(37-22)28-24(29)23(36-19-12-13-34-15-19)16-4-8-20(9-5-16)38(31,32)21-10-11-21/h2-9,14,19,21,23H,10-13,15H2,1H3,(H,27,28,29)/t19-,23?/m0/s1. The number of anilines is 1. The Balaban J connectivity index is 1.28. The number of hydrogen-bond acceptors (Lipinski definition) is 10. The third-order valence-electron chi connectivity index (χ3n) is 6.14. The molecule has 1 aliphatic carbocycles. The van der Waals surface area contributed by atoms with Crippen molar-refractivity contribution in [3.05, 3.63) is 65.9 Å². The van der Waals surface area contributed by atoms with E-state index in [0.717, 1.165) is 11.3 Å². The van der Waals surface area contributed by atoms with Crippen LogP contribution in [0, 0.1) is 0 Å². The van der Waals surface area contributed by atoms with Gasteiger partial charge in [-0.1, -0.05) is 23.5 Å². The number of carbonyl (C=O) groups excluding carboxylic acids is 2. The topological polar surface area (TPSA) is 130 Å². The number of amides is 1. The lowest BCUT2D eigenvalue weighted by Crippen LogP contribution is -2.28. The highest BCUT2D eigenvalue weighted by Gasteiger charge is 2.37. The van der Waals surface area contributed by atoms with Crippen molar-refractivity contribution in [1.82, 2.24) is 4.98 Å². The van der Waals surface area contributed by atoms with Crippen LogP contribution < -0.4 is 10.1 Å². The molecule has 1 N–H and O–H groups in total. The quantitative estimate of drug-likeness (QED) is 0.365. The van der Waals surface area contributed by atoms with E-state index in [9.17, 15) is 18.0 Å². The van der Waals surface area contributed by atoms with Gasteiger partial charge >= 0.3 is 5.97 Å². The van der Waals surface area contributed by atoms with Crippen LogP contribution in [0.1, 0.15) is 41.3 Å². The number of benzene rings is 2. The van der Waals surface area contributed by atoms with E-state index in [1.54, 1.807) is 36.4 Å². The molecule has 0 spiro atoms. The highest BCUT2D eigenvalue weighted by Crippen LogP contribution is 2.35. The Hall–Kier alpha value is -3.32. The van der Waals surface area contributed by atoms with Gasteiger partial charge in [-0.05, 0) is 61.2 Å². The Bertz CT molecular complexity index is 1390. The SMILES string of the molecule is COC(=O)c1ccc(Oc2cnc(NC(=O)C(O[C@H]3CCOC3)c3ccc(S(=O)(=O)C4CC4)cc3)s2)cc1. The van der Waals surface area contributed by atoms with E-state index >= 15 is 0 Å². The minimum Gasteiger partial charge on any atom is -0.465 e. The number of nitrogens with one attached hydrogen (secondary N) is 1. The van der Waals surface area contributed by atoms with E-state index in [-0.39, 0.29) is 16.2 Å². The van der Waals surface area contributed by atoms with Gasteiger partial charge in [0.2, 0.25) is 5.06 Å². The minimum absolute atomic E-state index is 0.244. The monoisotopic (exact) mass is 558 g/mol. The van der Waals surface area contributed by atoms with Crippen molar-refractivity contribution in [1.29, 1.82) is 0 Å². The summed E-state index contributed by atoms with van der Waals surface area (Å²) in [4.78, 5) is 29.3. The summed E-state index contributed by atoms with van der Waals surface area (Å²) in [5, 5.41) is 3.19. The lowest BCUT2D eigenvalue weighted by Gasteiger charge is -2.21. The molecule has 1 aromatic heterocycles. The molecule has 1 aliphatic heterocycles. The van der Waals surface area contributed by atoms with E-state index in [1.165, 1.54) is 25.4 Å². The van der Waals surface area contributed by atoms with Crippen LogP contribution in [0.2, 0.25) is 0 Å². The molecule has 38 heavy (non-hydrogen) atoms. The van der Waals surface area contributed by atoms with E-state index in [1.807, 2.05) is 0 Å². The van der Waals surface area contributed by atoms with Crippen molar-refractivity contribution >= 4 is 38.2 Å². The van der Waals surface area contributed by atoms with Gasteiger partial charge in [-0.2, -0.15) is 0 Å². The second-order valence-corrected chi connectivity index (χ2v) is 12.1. The van der Waals surface area contributed by atoms with Gasteiger partial charge in [-0.3, -0.25) is 10.1 Å². The normalized spacial score (nSPS) is 18.1. The molecule has 2 heterocycles. The molecule has 0 radical (unpaired) electrons. The smallest absolute Gasteiger partial charge is 0.337 e. The number of rotatable bonds is 10. The zero-order chi connectivity index (χ0) is 26.7. The zero-order valence-electron chi connectivity index (χ0n) is 20.5. The second-order valence-electron chi connectivity index (χ2n) is 8.91. The molecule has 1 saturated carbocycles. The predicted molar refractivity (Wildman–Crippen MR) is 138 cm³/mol. The summed E-state index contributed by atoms with van der Waals surface area (Å²) >= 11 is 1.13. The fraction of sp³-hybridized carbons (Fsp3) is 0.346. The Morgan fingerprint density at radius 3 is 2.45 bits per heavy atom. The molecular formula is C26H26N2O8S2. The Morgan fingerprint density at radius 1 is 1.08 bits per heavy atom. The molecule has 2 atom stereocenters. The average Bonchev–Trinajstić information content (AvgIpc) is 3.51. The largest absolute Gasteiger partial charge is 0.465 e. The van der Waals surface area contributed by atoms with Gasteiger partial charge in [-0.25, -0.2) is 18.2 Å². The molecule has 200 valence electrons. The van der Waals surface area contributed by atoms with Crippen LogP contribution in [-0.4, -0.2) is 57.0 Å². The molecule has 1 amide bonds. The van der Waals surface area contributed by atoms with Crippen molar-refractivity contribution in [2.45, 2.75) is 41.6 Å². The molecule has 1 unspecified atom stereocenters. The van der Waals surface area contributed by atoms with Crippen molar-refractivity contribution < 1.29 is 37.0 Å². The molecule has 1 saturated heterocycles. The van der Waals surface area contributed by atoms with Crippen LogP contribution in [0.4, 0.5) is 5.13 Å². The summed E-state index contributed by atoms with van der Waals surface area (Å²) < 4.78 is 47.0. The molecular weight excluding hydrogens is 532 g/mol. The minimum atomic E-state index is -3.34. The van der Waals surface area contributed by atoms with E-state index in [2.05, 4.69) is 15.0 Å². The summed E-state index contributed by atoms with van der Waals surface area (Å²) in [6.07, 6.45) is 2.24. The number of sulfone groups is 1. The Morgan fingerprint density at radius 2 is 1.82 bits per heavy atom. The van der Waals surface area contributed by atoms with E-state index in [4.69, 9.17) is 14.2 Å². The molecule has 12 heteroatoms. The van der Waals surface area contributed by atoms with Crippen LogP contribution in [0.3, 0.4) is 0 Å². The Kier molecular flexibility index (Phi) is 7.75. The lowest BCUT2D eigenvalue weighted by atomic mass is 10.1. The van der Waals surface area contributed by atoms with E-state index in [0.29, 0.717) is 59.5 Å². The van der Waals surface area contributed by atoms with E-state index < -0.39 is 27.8 Å². The van der Waals surface area contributed by atoms with Crippen molar-refractivity contribution in [3.63, 3.8) is 0 Å². The number of ether oxygens (including phenoxy) is 4. The first-order chi connectivity index (χ1) is 18.3. The molecule has 10 nitrogen and oxygen atoms in total. The van der Waals surface area contributed by atoms with Crippen molar-refractivity contribution in [3.8, 4) is 10.8 Å². The maximum Gasteiger partial charge on any atom is 0.337 e. The van der Waals surface area contributed by atoms with Gasteiger partial charge in [0.1, 0.15) is 5.75 Å². The summed E-state index contributed by atoms with van der Waals surface area (Å²) in [5.41, 5.74) is 0.928. The second kappa shape index (κ2) is 11.2. The number of nitrogens with zero attached hydrogens (tertiary/aromatic N) is 1. The Labute approximate surface area is 223 Å². The van der Waals surface area contributed by atoms with Crippen LogP contribution in [0.25, 0.3) is 0 Å². The summed E-state index contributed by atoms with van der Waals surface area (Å²) in [6, 6.07) is 12.7. The maximum atomic E-state index is 13.3. The van der Waals surface area contributed by atoms with Crippen molar-refractivity contribution in [2.75, 3.05) is 25.6 Å². The molecule has 3 aromatic rings. The highest BCUT2D eigenvalue weighted by molar-refractivity contribution is 7.92.